The molecule has 0 aliphatic heterocycles. The van der Waals surface area contributed by atoms with Gasteiger partial charge in [0.2, 0.25) is 15.9 Å². The molecule has 9 heteroatoms. The van der Waals surface area contributed by atoms with Crippen LogP contribution in [-0.4, -0.2) is 32.9 Å². The summed E-state index contributed by atoms with van der Waals surface area (Å²) >= 11 is 5.82. The Morgan fingerprint density at radius 2 is 1.67 bits per heavy atom. The van der Waals surface area contributed by atoms with Gasteiger partial charge in [0.15, 0.2) is 0 Å². The van der Waals surface area contributed by atoms with E-state index in [1.54, 1.807) is 19.1 Å². The molecule has 1 amide bonds. The van der Waals surface area contributed by atoms with Crippen molar-refractivity contribution in [3.63, 3.8) is 0 Å². The largest absolute Gasteiger partial charge is 0.462 e. The molecule has 0 aliphatic rings. The predicted molar refractivity (Wildman–Crippen MR) is 116 cm³/mol. The standard InChI is InChI=1S/C21H25ClN2O5S/c1-3-5-6-19(24-30(27,28)18-13-9-16(22)10-14-18)20(25)23-17-11-7-15(8-12-17)21(26)29-4-2/h7-14,19,24H,3-6H2,1-2H3,(H,23,25)/t19-/m1/s1. The third kappa shape index (κ3) is 6.83. The second kappa shape index (κ2) is 11.1. The van der Waals surface area contributed by atoms with Crippen LogP contribution < -0.4 is 10.0 Å². The zero-order chi connectivity index (χ0) is 22.1. The number of carbonyl (C=O) groups is 2. The highest BCUT2D eigenvalue weighted by molar-refractivity contribution is 7.89. The van der Waals surface area contributed by atoms with Gasteiger partial charge in [-0.3, -0.25) is 4.79 Å². The Balaban J connectivity index is 2.13. The number of ether oxygens (including phenoxy) is 1. The van der Waals surface area contributed by atoms with Gasteiger partial charge in [-0.25, -0.2) is 13.2 Å². The van der Waals surface area contributed by atoms with Gasteiger partial charge in [-0.05, 0) is 61.9 Å². The number of nitrogens with one attached hydrogen (secondary N) is 2. The summed E-state index contributed by atoms with van der Waals surface area (Å²) in [5.41, 5.74) is 0.807. The molecule has 1 atom stereocenters. The van der Waals surface area contributed by atoms with Gasteiger partial charge in [-0.1, -0.05) is 31.4 Å². The van der Waals surface area contributed by atoms with Gasteiger partial charge in [-0.2, -0.15) is 4.72 Å². The van der Waals surface area contributed by atoms with E-state index >= 15 is 0 Å². The monoisotopic (exact) mass is 452 g/mol. The number of rotatable bonds is 10. The molecule has 2 rings (SSSR count). The van der Waals surface area contributed by atoms with Crippen molar-refractivity contribution in [2.24, 2.45) is 0 Å². The van der Waals surface area contributed by atoms with Crippen molar-refractivity contribution >= 4 is 39.2 Å². The first-order chi connectivity index (χ1) is 14.3. The van der Waals surface area contributed by atoms with Gasteiger partial charge in [0.25, 0.3) is 0 Å². The van der Waals surface area contributed by atoms with E-state index in [0.29, 0.717) is 29.1 Å². The minimum Gasteiger partial charge on any atom is -0.462 e. The van der Waals surface area contributed by atoms with Crippen LogP contribution in [-0.2, 0) is 19.6 Å². The fourth-order valence-corrected chi connectivity index (χ4v) is 4.01. The van der Waals surface area contributed by atoms with Gasteiger partial charge in [0.05, 0.1) is 17.1 Å². The predicted octanol–water partition coefficient (Wildman–Crippen LogP) is 3.99. The Kier molecular flexibility index (Phi) is 8.83. The van der Waals surface area contributed by atoms with Crippen LogP contribution in [0.1, 0.15) is 43.5 Å². The van der Waals surface area contributed by atoms with E-state index in [9.17, 15) is 18.0 Å². The fourth-order valence-electron chi connectivity index (χ4n) is 2.65. The number of sulfonamides is 1. The number of esters is 1. The number of hydrogen-bond acceptors (Lipinski definition) is 5. The van der Waals surface area contributed by atoms with E-state index in [1.807, 2.05) is 6.92 Å². The van der Waals surface area contributed by atoms with Crippen molar-refractivity contribution < 1.29 is 22.7 Å². The molecule has 0 saturated carbocycles. The van der Waals surface area contributed by atoms with Gasteiger partial charge in [0, 0.05) is 10.7 Å². The lowest BCUT2D eigenvalue weighted by Crippen LogP contribution is -2.43. The summed E-state index contributed by atoms with van der Waals surface area (Å²) < 4.78 is 32.7. The molecule has 0 aromatic heterocycles. The Hall–Kier alpha value is -2.42. The SMILES string of the molecule is CCCC[C@@H](NS(=O)(=O)c1ccc(Cl)cc1)C(=O)Nc1ccc(C(=O)OCC)cc1. The van der Waals surface area contributed by atoms with Crippen LogP contribution in [0.25, 0.3) is 0 Å². The van der Waals surface area contributed by atoms with Gasteiger partial charge in [0.1, 0.15) is 6.04 Å². The van der Waals surface area contributed by atoms with Crippen molar-refractivity contribution in [1.29, 1.82) is 0 Å². The molecule has 7 nitrogen and oxygen atoms in total. The van der Waals surface area contributed by atoms with E-state index in [4.69, 9.17) is 16.3 Å². The van der Waals surface area contributed by atoms with Crippen molar-refractivity contribution in [3.05, 3.63) is 59.1 Å². The minimum absolute atomic E-state index is 0.0278. The smallest absolute Gasteiger partial charge is 0.338 e. The lowest BCUT2D eigenvalue weighted by atomic mass is 10.1. The Labute approximate surface area is 181 Å². The molecule has 162 valence electrons. The van der Waals surface area contributed by atoms with Crippen LogP contribution >= 0.6 is 11.6 Å². The van der Waals surface area contributed by atoms with E-state index in [-0.39, 0.29) is 11.5 Å². The zero-order valence-electron chi connectivity index (χ0n) is 16.9. The summed E-state index contributed by atoms with van der Waals surface area (Å²) in [6, 6.07) is 11.0. The number of anilines is 1. The lowest BCUT2D eigenvalue weighted by Gasteiger charge is -2.18. The molecule has 0 spiro atoms. The second-order valence-corrected chi connectivity index (χ2v) is 8.71. The summed E-state index contributed by atoms with van der Waals surface area (Å²) in [6.45, 7) is 3.94. The number of carbonyl (C=O) groups excluding carboxylic acids is 2. The Bertz CT molecular complexity index is 960. The molecule has 2 N–H and O–H groups in total. The van der Waals surface area contributed by atoms with Crippen LogP contribution in [0.5, 0.6) is 0 Å². The first kappa shape index (κ1) is 23.9. The summed E-state index contributed by atoms with van der Waals surface area (Å²) in [5, 5.41) is 3.11. The quantitative estimate of drug-likeness (QED) is 0.530. The highest BCUT2D eigenvalue weighted by atomic mass is 35.5. The average Bonchev–Trinajstić information content (AvgIpc) is 2.72. The molecule has 0 heterocycles. The lowest BCUT2D eigenvalue weighted by molar-refractivity contribution is -0.117. The van der Waals surface area contributed by atoms with Crippen molar-refractivity contribution in [2.45, 2.75) is 44.0 Å². The maximum Gasteiger partial charge on any atom is 0.338 e. The Morgan fingerprint density at radius 1 is 1.03 bits per heavy atom. The second-order valence-electron chi connectivity index (χ2n) is 6.56. The molecule has 0 fully saturated rings. The number of halogens is 1. The van der Waals surface area contributed by atoms with Gasteiger partial charge < -0.3 is 10.1 Å². The topological polar surface area (TPSA) is 102 Å². The van der Waals surface area contributed by atoms with E-state index in [2.05, 4.69) is 10.0 Å². The maximum absolute atomic E-state index is 12.8. The van der Waals surface area contributed by atoms with Gasteiger partial charge in [-0.15, -0.1) is 0 Å². The summed E-state index contributed by atoms with van der Waals surface area (Å²) in [4.78, 5) is 24.5. The molecule has 0 radical (unpaired) electrons. The maximum atomic E-state index is 12.8. The van der Waals surface area contributed by atoms with Crippen molar-refractivity contribution in [1.82, 2.24) is 4.72 Å². The van der Waals surface area contributed by atoms with Crippen LogP contribution in [0.3, 0.4) is 0 Å². The molecule has 2 aromatic carbocycles. The molecule has 0 aliphatic carbocycles. The fraction of sp³-hybridized carbons (Fsp3) is 0.333. The van der Waals surface area contributed by atoms with E-state index < -0.39 is 27.9 Å². The summed E-state index contributed by atoms with van der Waals surface area (Å²) in [5.74, 6) is -0.934. The molecule has 0 bridgehead atoms. The van der Waals surface area contributed by atoms with E-state index in [0.717, 1.165) is 6.42 Å². The number of unbranched alkanes of at least 4 members (excludes halogenated alkanes) is 1. The zero-order valence-corrected chi connectivity index (χ0v) is 18.4. The van der Waals surface area contributed by atoms with Crippen LogP contribution in [0, 0.1) is 0 Å². The Morgan fingerprint density at radius 3 is 2.23 bits per heavy atom. The molecule has 0 unspecified atom stereocenters. The van der Waals surface area contributed by atoms with Crippen LogP contribution in [0.4, 0.5) is 5.69 Å². The first-order valence-corrected chi connectivity index (χ1v) is 11.5. The van der Waals surface area contributed by atoms with Crippen molar-refractivity contribution in [3.8, 4) is 0 Å². The third-order valence-electron chi connectivity index (χ3n) is 4.25. The van der Waals surface area contributed by atoms with Gasteiger partial charge >= 0.3 is 5.97 Å². The first-order valence-electron chi connectivity index (χ1n) is 9.62. The van der Waals surface area contributed by atoms with Crippen molar-refractivity contribution in [2.75, 3.05) is 11.9 Å². The molecular weight excluding hydrogens is 428 g/mol. The molecular formula is C21H25ClN2O5S. The average molecular weight is 453 g/mol. The third-order valence-corrected chi connectivity index (χ3v) is 5.99. The number of benzene rings is 2. The van der Waals surface area contributed by atoms with Crippen LogP contribution in [0.2, 0.25) is 5.02 Å². The number of amides is 1. The highest BCUT2D eigenvalue weighted by Crippen LogP contribution is 2.17. The number of hydrogen-bond donors (Lipinski definition) is 2. The summed E-state index contributed by atoms with van der Waals surface area (Å²) in [7, 11) is -3.90. The van der Waals surface area contributed by atoms with Crippen LogP contribution in [0.15, 0.2) is 53.4 Å². The molecule has 0 saturated heterocycles. The summed E-state index contributed by atoms with van der Waals surface area (Å²) in [6.07, 6.45) is 1.82. The normalized spacial score (nSPS) is 12.2. The highest BCUT2D eigenvalue weighted by Gasteiger charge is 2.25. The van der Waals surface area contributed by atoms with E-state index in [1.165, 1.54) is 36.4 Å². The molecule has 30 heavy (non-hydrogen) atoms. The molecule has 2 aromatic rings. The minimum atomic E-state index is -3.90.